The lowest BCUT2D eigenvalue weighted by Gasteiger charge is -2.13. The summed E-state index contributed by atoms with van der Waals surface area (Å²) in [6.07, 6.45) is -0.773. The normalized spacial score (nSPS) is 12.3. The van der Waals surface area contributed by atoms with Crippen LogP contribution in [0, 0.1) is 12.7 Å². The summed E-state index contributed by atoms with van der Waals surface area (Å²) in [7, 11) is 0. The van der Waals surface area contributed by atoms with Crippen LogP contribution in [0.2, 0.25) is 0 Å². The van der Waals surface area contributed by atoms with Crippen LogP contribution in [0.3, 0.4) is 0 Å². The second-order valence-electron chi connectivity index (χ2n) is 3.91. The molecule has 1 aromatic rings. The number of carbonyl (C=O) groups excluding carboxylic acids is 1. The Hall–Kier alpha value is -1.07. The zero-order valence-corrected chi connectivity index (χ0v) is 11.5. The summed E-state index contributed by atoms with van der Waals surface area (Å²) < 4.78 is 18.2. The second kappa shape index (κ2) is 6.75. The summed E-state index contributed by atoms with van der Waals surface area (Å²) in [6, 6.07) is 2.95. The Bertz CT molecular complexity index is 432. The molecule has 0 aliphatic carbocycles. The molecule has 0 fully saturated rings. The molecule has 1 aromatic carbocycles. The fourth-order valence-electron chi connectivity index (χ4n) is 1.46. The van der Waals surface area contributed by atoms with Crippen molar-refractivity contribution in [2.45, 2.75) is 31.8 Å². The molecule has 0 aliphatic heterocycles. The van der Waals surface area contributed by atoms with Crippen molar-refractivity contribution in [3.05, 3.63) is 29.1 Å². The van der Waals surface area contributed by atoms with Gasteiger partial charge in [0.25, 0.3) is 0 Å². The van der Waals surface area contributed by atoms with E-state index in [0.29, 0.717) is 22.6 Å². The molecule has 100 valence electrons. The molecule has 0 saturated heterocycles. The van der Waals surface area contributed by atoms with Crippen LogP contribution in [0.5, 0.6) is 0 Å². The van der Waals surface area contributed by atoms with Gasteiger partial charge in [0.15, 0.2) is 0 Å². The predicted molar refractivity (Wildman–Crippen MR) is 69.1 cm³/mol. The number of aliphatic hydroxyl groups excluding tert-OH is 1. The van der Waals surface area contributed by atoms with Gasteiger partial charge in [-0.05, 0) is 44.0 Å². The number of hydrogen-bond acceptors (Lipinski definition) is 4. The highest BCUT2D eigenvalue weighted by atomic mass is 32.2. The maximum absolute atomic E-state index is 13.4. The summed E-state index contributed by atoms with van der Waals surface area (Å²) in [6.45, 7) is 5.30. The fraction of sp³-hybridized carbons (Fsp3) is 0.462. The van der Waals surface area contributed by atoms with Gasteiger partial charge in [0, 0.05) is 4.90 Å². The maximum Gasteiger partial charge on any atom is 0.316 e. The lowest BCUT2D eigenvalue weighted by Crippen LogP contribution is -2.07. The molecule has 3 nitrogen and oxygen atoms in total. The largest absolute Gasteiger partial charge is 0.465 e. The third kappa shape index (κ3) is 3.99. The Morgan fingerprint density at radius 2 is 2.22 bits per heavy atom. The second-order valence-corrected chi connectivity index (χ2v) is 4.93. The first-order valence-corrected chi connectivity index (χ1v) is 6.70. The minimum atomic E-state index is -0.773. The van der Waals surface area contributed by atoms with Gasteiger partial charge in [-0.15, -0.1) is 11.8 Å². The Morgan fingerprint density at radius 3 is 2.78 bits per heavy atom. The Morgan fingerprint density at radius 1 is 1.56 bits per heavy atom. The van der Waals surface area contributed by atoms with Crippen LogP contribution < -0.4 is 0 Å². The van der Waals surface area contributed by atoms with Gasteiger partial charge in [-0.3, -0.25) is 4.79 Å². The first-order valence-electron chi connectivity index (χ1n) is 5.72. The van der Waals surface area contributed by atoms with Crippen LogP contribution in [0.15, 0.2) is 17.0 Å². The minimum Gasteiger partial charge on any atom is -0.465 e. The number of ether oxygens (including phenoxy) is 1. The number of rotatable bonds is 5. The van der Waals surface area contributed by atoms with Gasteiger partial charge in [0.2, 0.25) is 0 Å². The summed E-state index contributed by atoms with van der Waals surface area (Å²) in [4.78, 5) is 12.0. The van der Waals surface area contributed by atoms with Gasteiger partial charge < -0.3 is 9.84 Å². The van der Waals surface area contributed by atoms with Gasteiger partial charge in [-0.1, -0.05) is 0 Å². The fourth-order valence-corrected chi connectivity index (χ4v) is 2.47. The zero-order chi connectivity index (χ0) is 13.7. The van der Waals surface area contributed by atoms with Gasteiger partial charge in [0.1, 0.15) is 5.82 Å². The third-order valence-corrected chi connectivity index (χ3v) is 3.44. The van der Waals surface area contributed by atoms with Crippen molar-refractivity contribution in [1.82, 2.24) is 0 Å². The number of benzene rings is 1. The number of aliphatic hydroxyl groups is 1. The Kier molecular flexibility index (Phi) is 5.62. The lowest BCUT2D eigenvalue weighted by atomic mass is 10.1. The quantitative estimate of drug-likeness (QED) is 0.661. The van der Waals surface area contributed by atoms with E-state index in [9.17, 15) is 14.3 Å². The number of esters is 1. The van der Waals surface area contributed by atoms with E-state index in [2.05, 4.69) is 0 Å². The third-order valence-electron chi connectivity index (χ3n) is 2.39. The molecule has 0 radical (unpaired) electrons. The van der Waals surface area contributed by atoms with Crippen LogP contribution in [0.4, 0.5) is 4.39 Å². The maximum atomic E-state index is 13.4. The molecule has 1 atom stereocenters. The molecule has 18 heavy (non-hydrogen) atoms. The number of halogens is 1. The smallest absolute Gasteiger partial charge is 0.316 e. The van der Waals surface area contributed by atoms with Crippen molar-refractivity contribution in [2.75, 3.05) is 12.4 Å². The standard InChI is InChI=1S/C13H17FO3S/c1-4-17-13(16)7-18-12-5-8(2)11(14)6-10(12)9(3)15/h5-6,9,15H,4,7H2,1-3H3/t9-/m0/s1. The van der Waals surface area contributed by atoms with Crippen molar-refractivity contribution >= 4 is 17.7 Å². The molecule has 1 N–H and O–H groups in total. The van der Waals surface area contributed by atoms with E-state index in [-0.39, 0.29) is 17.5 Å². The first-order chi connectivity index (χ1) is 8.45. The molecular weight excluding hydrogens is 255 g/mol. The van der Waals surface area contributed by atoms with E-state index in [1.54, 1.807) is 26.8 Å². The lowest BCUT2D eigenvalue weighted by molar-refractivity contribution is -0.139. The predicted octanol–water partition coefficient (Wildman–Crippen LogP) is 2.84. The summed E-state index contributed by atoms with van der Waals surface area (Å²) in [5.74, 6) is -0.522. The van der Waals surface area contributed by atoms with Crippen molar-refractivity contribution in [3.8, 4) is 0 Å². The van der Waals surface area contributed by atoms with Gasteiger partial charge in [-0.2, -0.15) is 0 Å². The molecule has 0 spiro atoms. The highest BCUT2D eigenvalue weighted by Gasteiger charge is 2.13. The zero-order valence-electron chi connectivity index (χ0n) is 10.7. The molecule has 0 saturated carbocycles. The number of hydrogen-bond donors (Lipinski definition) is 1. The first kappa shape index (κ1) is 15.0. The highest BCUT2D eigenvalue weighted by molar-refractivity contribution is 8.00. The van der Waals surface area contributed by atoms with E-state index in [0.717, 1.165) is 0 Å². The highest BCUT2D eigenvalue weighted by Crippen LogP contribution is 2.30. The molecule has 0 aliphatic rings. The molecule has 5 heteroatoms. The Labute approximate surface area is 110 Å². The van der Waals surface area contributed by atoms with Crippen molar-refractivity contribution < 1.29 is 19.0 Å². The summed E-state index contributed by atoms with van der Waals surface area (Å²) in [5.41, 5.74) is 0.984. The van der Waals surface area contributed by atoms with E-state index < -0.39 is 6.10 Å². The molecule has 0 bridgehead atoms. The molecule has 0 unspecified atom stereocenters. The summed E-state index contributed by atoms with van der Waals surface area (Å²) >= 11 is 1.25. The topological polar surface area (TPSA) is 46.5 Å². The van der Waals surface area contributed by atoms with Gasteiger partial charge in [0.05, 0.1) is 18.5 Å². The van der Waals surface area contributed by atoms with Crippen molar-refractivity contribution in [1.29, 1.82) is 0 Å². The van der Waals surface area contributed by atoms with Crippen LogP contribution in [0.25, 0.3) is 0 Å². The number of carbonyl (C=O) groups is 1. The number of thioether (sulfide) groups is 1. The van der Waals surface area contributed by atoms with Crippen LogP contribution >= 0.6 is 11.8 Å². The van der Waals surface area contributed by atoms with E-state index >= 15 is 0 Å². The van der Waals surface area contributed by atoms with E-state index in [4.69, 9.17) is 4.74 Å². The van der Waals surface area contributed by atoms with Gasteiger partial charge in [-0.25, -0.2) is 4.39 Å². The minimum absolute atomic E-state index is 0.151. The monoisotopic (exact) mass is 272 g/mol. The number of aryl methyl sites for hydroxylation is 1. The van der Waals surface area contributed by atoms with Crippen LogP contribution in [-0.2, 0) is 9.53 Å². The average Bonchev–Trinajstić information content (AvgIpc) is 2.30. The summed E-state index contributed by atoms with van der Waals surface area (Å²) in [5, 5.41) is 9.59. The molecule has 0 heterocycles. The molecule has 0 aromatic heterocycles. The van der Waals surface area contributed by atoms with Crippen LogP contribution in [-0.4, -0.2) is 23.4 Å². The van der Waals surface area contributed by atoms with Crippen LogP contribution in [0.1, 0.15) is 31.1 Å². The Balaban J connectivity index is 2.86. The SMILES string of the molecule is CCOC(=O)CSc1cc(C)c(F)cc1[C@H](C)O. The van der Waals surface area contributed by atoms with E-state index in [1.165, 1.54) is 17.8 Å². The average molecular weight is 272 g/mol. The van der Waals surface area contributed by atoms with Crippen molar-refractivity contribution in [2.24, 2.45) is 0 Å². The van der Waals surface area contributed by atoms with E-state index in [1.807, 2.05) is 0 Å². The molecular formula is C13H17FO3S. The van der Waals surface area contributed by atoms with Gasteiger partial charge >= 0.3 is 5.97 Å². The molecule has 1 rings (SSSR count). The van der Waals surface area contributed by atoms with Crippen molar-refractivity contribution in [3.63, 3.8) is 0 Å². The molecule has 0 amide bonds.